The summed E-state index contributed by atoms with van der Waals surface area (Å²) in [6, 6.07) is 19.0. The van der Waals surface area contributed by atoms with Gasteiger partial charge in [-0.1, -0.05) is 35.5 Å². The third-order valence-corrected chi connectivity index (χ3v) is 5.86. The van der Waals surface area contributed by atoms with Crippen molar-refractivity contribution >= 4 is 11.8 Å². The van der Waals surface area contributed by atoms with E-state index in [0.29, 0.717) is 23.3 Å². The Labute approximate surface area is 195 Å². The molecule has 0 saturated carbocycles. The van der Waals surface area contributed by atoms with E-state index >= 15 is 0 Å². The maximum atomic E-state index is 14.1. The van der Waals surface area contributed by atoms with Crippen LogP contribution in [0.3, 0.4) is 0 Å². The lowest BCUT2D eigenvalue weighted by Crippen LogP contribution is -2.07. The summed E-state index contributed by atoms with van der Waals surface area (Å²) < 4.78 is 41.5. The molecule has 0 atom stereocenters. The van der Waals surface area contributed by atoms with E-state index in [9.17, 15) is 8.78 Å². The van der Waals surface area contributed by atoms with Crippen LogP contribution >= 0.6 is 11.8 Å². The first kappa shape index (κ1) is 22.8. The van der Waals surface area contributed by atoms with E-state index in [0.717, 1.165) is 17.0 Å². The number of rotatable bonds is 9. The largest absolute Gasteiger partial charge is 0.494 e. The Morgan fingerprint density at radius 1 is 0.848 bits per heavy atom. The van der Waals surface area contributed by atoms with Crippen LogP contribution in [0.1, 0.15) is 23.9 Å². The molecule has 1 aromatic heterocycles. The van der Waals surface area contributed by atoms with Gasteiger partial charge in [0.1, 0.15) is 29.7 Å². The van der Waals surface area contributed by atoms with E-state index in [2.05, 4.69) is 10.2 Å². The predicted octanol–water partition coefficient (Wildman–Crippen LogP) is 6.12. The van der Waals surface area contributed by atoms with Gasteiger partial charge >= 0.3 is 0 Å². The van der Waals surface area contributed by atoms with Gasteiger partial charge in [-0.15, -0.1) is 10.2 Å². The average Bonchev–Trinajstić information content (AvgIpc) is 3.22. The average molecular weight is 468 g/mol. The van der Waals surface area contributed by atoms with E-state index in [1.54, 1.807) is 0 Å². The van der Waals surface area contributed by atoms with Crippen molar-refractivity contribution in [1.29, 1.82) is 0 Å². The topological polar surface area (TPSA) is 49.2 Å². The smallest absolute Gasteiger partial charge is 0.196 e. The Kier molecular flexibility index (Phi) is 7.24. The molecule has 8 heteroatoms. The van der Waals surface area contributed by atoms with Crippen LogP contribution < -0.4 is 9.47 Å². The van der Waals surface area contributed by atoms with Crippen molar-refractivity contribution in [3.8, 4) is 17.2 Å². The second kappa shape index (κ2) is 10.5. The molecule has 0 saturated heterocycles. The van der Waals surface area contributed by atoms with Gasteiger partial charge < -0.3 is 9.47 Å². The minimum atomic E-state index is -0.586. The zero-order valence-corrected chi connectivity index (χ0v) is 19.1. The highest BCUT2D eigenvalue weighted by molar-refractivity contribution is 7.98. The molecule has 1 heterocycles. The molecule has 5 nitrogen and oxygen atoms in total. The molecule has 3 aromatic carbocycles. The number of nitrogens with zero attached hydrogens (tertiary/aromatic N) is 3. The van der Waals surface area contributed by atoms with Crippen molar-refractivity contribution in [2.45, 2.75) is 31.4 Å². The second-order valence-corrected chi connectivity index (χ2v) is 8.19. The van der Waals surface area contributed by atoms with Gasteiger partial charge in [-0.2, -0.15) is 0 Å². The van der Waals surface area contributed by atoms with Crippen molar-refractivity contribution in [3.63, 3.8) is 0 Å². The summed E-state index contributed by atoms with van der Waals surface area (Å²) in [5, 5.41) is 9.07. The number of ether oxygens (including phenoxy) is 2. The Morgan fingerprint density at radius 2 is 1.48 bits per heavy atom. The predicted molar refractivity (Wildman–Crippen MR) is 124 cm³/mol. The molecule has 0 fully saturated rings. The Hall–Kier alpha value is -3.39. The molecule has 0 radical (unpaired) electrons. The zero-order valence-electron chi connectivity index (χ0n) is 18.3. The van der Waals surface area contributed by atoms with Crippen LogP contribution in [0.15, 0.2) is 71.9 Å². The fraction of sp³-hybridized carbons (Fsp3) is 0.200. The van der Waals surface area contributed by atoms with Crippen LogP contribution in [0.2, 0.25) is 0 Å². The van der Waals surface area contributed by atoms with Gasteiger partial charge in [-0.25, -0.2) is 8.78 Å². The summed E-state index contributed by atoms with van der Waals surface area (Å²) >= 11 is 1.20. The Morgan fingerprint density at radius 3 is 2.15 bits per heavy atom. The van der Waals surface area contributed by atoms with Gasteiger partial charge in [0.2, 0.25) is 0 Å². The summed E-state index contributed by atoms with van der Waals surface area (Å²) in [6.45, 7) is 4.67. The van der Waals surface area contributed by atoms with Crippen molar-refractivity contribution in [2.75, 3.05) is 6.61 Å². The number of hydrogen-bond donors (Lipinski definition) is 0. The minimum absolute atomic E-state index is 0.00111. The van der Waals surface area contributed by atoms with Crippen LogP contribution in [0, 0.1) is 18.6 Å². The zero-order chi connectivity index (χ0) is 23.2. The third-order valence-electron chi connectivity index (χ3n) is 4.90. The minimum Gasteiger partial charge on any atom is -0.494 e. The summed E-state index contributed by atoms with van der Waals surface area (Å²) in [5.41, 5.74) is 1.93. The van der Waals surface area contributed by atoms with Crippen molar-refractivity contribution in [3.05, 3.63) is 95.3 Å². The molecule has 0 amide bonds. The quantitative estimate of drug-likeness (QED) is 0.278. The van der Waals surface area contributed by atoms with E-state index in [1.165, 1.54) is 30.0 Å². The van der Waals surface area contributed by atoms with E-state index in [4.69, 9.17) is 9.47 Å². The Bertz CT molecular complexity index is 1190. The highest BCUT2D eigenvalue weighted by Crippen LogP contribution is 2.28. The van der Waals surface area contributed by atoms with E-state index in [-0.39, 0.29) is 17.9 Å². The summed E-state index contributed by atoms with van der Waals surface area (Å²) in [4.78, 5) is 0. The number of hydrogen-bond acceptors (Lipinski definition) is 5. The van der Waals surface area contributed by atoms with Crippen molar-refractivity contribution in [2.24, 2.45) is 0 Å². The maximum Gasteiger partial charge on any atom is 0.196 e. The van der Waals surface area contributed by atoms with Crippen LogP contribution in [-0.4, -0.2) is 21.4 Å². The lowest BCUT2D eigenvalue weighted by Gasteiger charge is -2.12. The molecule has 0 aliphatic carbocycles. The van der Waals surface area contributed by atoms with Gasteiger partial charge in [0.25, 0.3) is 0 Å². The second-order valence-electron chi connectivity index (χ2n) is 7.25. The monoisotopic (exact) mass is 467 g/mol. The molecule has 0 bridgehead atoms. The maximum absolute atomic E-state index is 14.1. The van der Waals surface area contributed by atoms with Crippen LogP contribution in [-0.2, 0) is 12.4 Å². The first-order valence-electron chi connectivity index (χ1n) is 10.5. The molecule has 33 heavy (non-hydrogen) atoms. The number of aromatic nitrogens is 3. The number of benzene rings is 3. The van der Waals surface area contributed by atoms with Crippen molar-refractivity contribution in [1.82, 2.24) is 14.8 Å². The lowest BCUT2D eigenvalue weighted by molar-refractivity contribution is 0.292. The van der Waals surface area contributed by atoms with E-state index < -0.39 is 11.6 Å². The highest BCUT2D eigenvalue weighted by atomic mass is 32.2. The molecule has 0 aliphatic heterocycles. The summed E-state index contributed by atoms with van der Waals surface area (Å²) in [7, 11) is 0. The Balaban J connectivity index is 1.61. The molecule has 4 aromatic rings. The third kappa shape index (κ3) is 5.51. The van der Waals surface area contributed by atoms with E-state index in [1.807, 2.05) is 66.9 Å². The molecule has 0 aliphatic rings. The molecular weight excluding hydrogens is 444 g/mol. The number of aryl methyl sites for hydroxylation is 1. The van der Waals surface area contributed by atoms with Gasteiger partial charge in [0, 0.05) is 17.0 Å². The van der Waals surface area contributed by atoms with Crippen LogP contribution in [0.4, 0.5) is 8.78 Å². The molecule has 0 unspecified atom stereocenters. The molecule has 170 valence electrons. The number of halogens is 2. The van der Waals surface area contributed by atoms with Crippen LogP contribution in [0.5, 0.6) is 11.5 Å². The summed E-state index contributed by atoms with van der Waals surface area (Å²) in [5.74, 6) is 0.928. The van der Waals surface area contributed by atoms with Gasteiger partial charge in [0.05, 0.1) is 6.61 Å². The number of thioether (sulfide) groups is 1. The molecule has 0 spiro atoms. The fourth-order valence-electron chi connectivity index (χ4n) is 3.19. The van der Waals surface area contributed by atoms with Gasteiger partial charge in [-0.05, 0) is 62.4 Å². The van der Waals surface area contributed by atoms with Gasteiger partial charge in [-0.3, -0.25) is 4.57 Å². The molecule has 0 N–H and O–H groups in total. The SMILES string of the molecule is CCOc1ccc(-n2c(COc3ccc(C)cc3)nnc2SCc2c(F)cccc2F)cc1. The summed E-state index contributed by atoms with van der Waals surface area (Å²) in [6.07, 6.45) is 0. The van der Waals surface area contributed by atoms with Crippen molar-refractivity contribution < 1.29 is 18.3 Å². The normalized spacial score (nSPS) is 10.9. The first-order valence-corrected chi connectivity index (χ1v) is 11.5. The van der Waals surface area contributed by atoms with Gasteiger partial charge in [0.15, 0.2) is 11.0 Å². The highest BCUT2D eigenvalue weighted by Gasteiger charge is 2.17. The van der Waals surface area contributed by atoms with Crippen LogP contribution in [0.25, 0.3) is 5.69 Å². The first-order chi connectivity index (χ1) is 16.0. The fourth-order valence-corrected chi connectivity index (χ4v) is 4.18. The molecule has 4 rings (SSSR count). The molecular formula is C25H23F2N3O2S. The lowest BCUT2D eigenvalue weighted by atomic mass is 10.2. The standard InChI is InChI=1S/C25H23F2N3O2S/c1-3-31-19-13-9-18(10-14-19)30-24(15-32-20-11-7-17(2)8-12-20)28-29-25(30)33-16-21-22(26)5-4-6-23(21)27/h4-14H,3,15-16H2,1-2H3.